The summed E-state index contributed by atoms with van der Waals surface area (Å²) in [7, 11) is -3.86. The van der Waals surface area contributed by atoms with Gasteiger partial charge in [-0.2, -0.15) is 0 Å². The van der Waals surface area contributed by atoms with E-state index in [4.69, 9.17) is 21.1 Å². The molecule has 0 spiro atoms. The maximum atomic E-state index is 12.9. The van der Waals surface area contributed by atoms with Crippen molar-refractivity contribution in [2.45, 2.75) is 11.4 Å². The molecule has 0 bridgehead atoms. The number of ether oxygens (including phenoxy) is 2. The minimum atomic E-state index is -3.86. The van der Waals surface area contributed by atoms with E-state index < -0.39 is 10.0 Å². The van der Waals surface area contributed by atoms with Crippen molar-refractivity contribution < 1.29 is 17.9 Å². The van der Waals surface area contributed by atoms with Gasteiger partial charge >= 0.3 is 4.87 Å². The fourth-order valence-electron chi connectivity index (χ4n) is 3.33. The van der Waals surface area contributed by atoms with E-state index in [1.54, 1.807) is 34.9 Å². The number of hydrogen-bond donors (Lipinski definition) is 1. The number of rotatable bonds is 5. The number of anilines is 1. The van der Waals surface area contributed by atoms with E-state index in [2.05, 4.69) is 4.72 Å². The molecule has 1 aliphatic rings. The Hall–Kier alpha value is -3.01. The first-order chi connectivity index (χ1) is 14.9. The molecule has 31 heavy (non-hydrogen) atoms. The van der Waals surface area contributed by atoms with E-state index >= 15 is 0 Å². The molecule has 1 N–H and O–H groups in total. The molecule has 3 aromatic carbocycles. The van der Waals surface area contributed by atoms with Crippen LogP contribution in [0.2, 0.25) is 5.02 Å². The Balaban J connectivity index is 1.47. The molecule has 1 aliphatic heterocycles. The maximum absolute atomic E-state index is 12.9. The number of thiazole rings is 1. The summed E-state index contributed by atoms with van der Waals surface area (Å²) < 4.78 is 41.0. The third-order valence-electron chi connectivity index (χ3n) is 4.86. The summed E-state index contributed by atoms with van der Waals surface area (Å²) in [5.74, 6) is 1.04. The normalized spacial score (nSPS) is 12.9. The first-order valence-corrected chi connectivity index (χ1v) is 11.9. The number of aromatic nitrogens is 1. The second-order valence-electron chi connectivity index (χ2n) is 6.85. The molecular weight excluding hydrogens is 460 g/mol. The largest absolute Gasteiger partial charge is 0.454 e. The summed E-state index contributed by atoms with van der Waals surface area (Å²) in [5.41, 5.74) is 1.82. The number of sulfonamides is 1. The van der Waals surface area contributed by atoms with Crippen LogP contribution < -0.4 is 19.1 Å². The van der Waals surface area contributed by atoms with Gasteiger partial charge in [0.05, 0.1) is 27.3 Å². The first kappa shape index (κ1) is 19.9. The number of nitrogens with one attached hydrogen (secondary N) is 1. The number of benzene rings is 3. The molecule has 1 aromatic heterocycles. The average molecular weight is 475 g/mol. The third-order valence-corrected chi connectivity index (χ3v) is 7.55. The lowest BCUT2D eigenvalue weighted by Gasteiger charge is -2.10. The van der Waals surface area contributed by atoms with Crippen LogP contribution in [0.1, 0.15) is 5.56 Å². The number of fused-ring (bicyclic) bond motifs is 2. The van der Waals surface area contributed by atoms with Crippen molar-refractivity contribution in [3.05, 3.63) is 80.9 Å². The molecule has 4 aromatic rings. The van der Waals surface area contributed by atoms with Crippen molar-refractivity contribution in [3.63, 3.8) is 0 Å². The lowest BCUT2D eigenvalue weighted by molar-refractivity contribution is 0.174. The van der Waals surface area contributed by atoms with E-state index in [9.17, 15) is 13.2 Å². The molecule has 0 saturated heterocycles. The molecule has 158 valence electrons. The van der Waals surface area contributed by atoms with Gasteiger partial charge < -0.3 is 9.47 Å². The highest BCUT2D eigenvalue weighted by Gasteiger charge is 2.20. The molecule has 10 heteroatoms. The summed E-state index contributed by atoms with van der Waals surface area (Å²) in [4.78, 5) is 12.4. The number of nitrogens with zero attached hydrogens (tertiary/aromatic N) is 1. The van der Waals surface area contributed by atoms with E-state index in [0.717, 1.165) is 16.9 Å². The van der Waals surface area contributed by atoms with Gasteiger partial charge in [-0.1, -0.05) is 41.1 Å². The van der Waals surface area contributed by atoms with E-state index in [1.165, 1.54) is 12.1 Å². The van der Waals surface area contributed by atoms with Gasteiger partial charge in [0.25, 0.3) is 10.0 Å². The molecule has 2 heterocycles. The number of halogens is 1. The second-order valence-corrected chi connectivity index (χ2v) is 9.93. The second kappa shape index (κ2) is 7.60. The third kappa shape index (κ3) is 3.76. The van der Waals surface area contributed by atoms with Gasteiger partial charge in [0.2, 0.25) is 6.79 Å². The lowest BCUT2D eigenvalue weighted by Crippen LogP contribution is -2.14. The van der Waals surface area contributed by atoms with Crippen molar-refractivity contribution in [2.75, 3.05) is 11.5 Å². The van der Waals surface area contributed by atoms with Crippen LogP contribution in [0, 0.1) is 0 Å². The van der Waals surface area contributed by atoms with E-state index in [0.29, 0.717) is 39.0 Å². The molecule has 0 amide bonds. The Bertz CT molecular complexity index is 1480. The predicted octanol–water partition coefficient (Wildman–Crippen LogP) is 4.29. The van der Waals surface area contributed by atoms with Crippen LogP contribution in [-0.4, -0.2) is 19.8 Å². The zero-order valence-corrected chi connectivity index (χ0v) is 18.3. The monoisotopic (exact) mass is 474 g/mol. The van der Waals surface area contributed by atoms with Crippen LogP contribution in [0.25, 0.3) is 10.2 Å². The fraction of sp³-hybridized carbons (Fsp3) is 0.0952. The SMILES string of the molecule is O=c1sc2cc(S(=O)(=O)Nc3ccc4c(c3)OCO4)ccc2n1Cc1ccccc1Cl. The molecule has 0 radical (unpaired) electrons. The smallest absolute Gasteiger partial charge is 0.308 e. The van der Waals surface area contributed by atoms with E-state index in [1.807, 2.05) is 18.2 Å². The van der Waals surface area contributed by atoms with Crippen molar-refractivity contribution >= 4 is 48.9 Å². The molecule has 0 atom stereocenters. The quantitative estimate of drug-likeness (QED) is 0.466. The van der Waals surface area contributed by atoms with Crippen molar-refractivity contribution in [2.24, 2.45) is 0 Å². The molecule has 0 fully saturated rings. The van der Waals surface area contributed by atoms with Crippen LogP contribution >= 0.6 is 22.9 Å². The molecule has 5 rings (SSSR count). The summed E-state index contributed by atoms with van der Waals surface area (Å²) in [6.07, 6.45) is 0. The van der Waals surface area contributed by atoms with Crippen LogP contribution in [-0.2, 0) is 16.6 Å². The summed E-state index contributed by atoms with van der Waals surface area (Å²) in [5, 5.41) is 0.570. The zero-order valence-electron chi connectivity index (χ0n) is 15.9. The summed E-state index contributed by atoms with van der Waals surface area (Å²) in [6.45, 7) is 0.409. The fourth-order valence-corrected chi connectivity index (χ4v) is 5.61. The van der Waals surface area contributed by atoms with Crippen LogP contribution in [0.5, 0.6) is 11.5 Å². The predicted molar refractivity (Wildman–Crippen MR) is 120 cm³/mol. The Morgan fingerprint density at radius 2 is 1.84 bits per heavy atom. The Labute approximate surface area is 186 Å². The van der Waals surface area contributed by atoms with Gasteiger partial charge in [-0.25, -0.2) is 8.42 Å². The lowest BCUT2D eigenvalue weighted by atomic mass is 10.2. The van der Waals surface area contributed by atoms with Crippen molar-refractivity contribution in [1.82, 2.24) is 4.57 Å². The Morgan fingerprint density at radius 1 is 1.03 bits per heavy atom. The topological polar surface area (TPSA) is 86.6 Å². The molecule has 0 saturated carbocycles. The molecule has 0 unspecified atom stereocenters. The highest BCUT2D eigenvalue weighted by Crippen LogP contribution is 2.35. The van der Waals surface area contributed by atoms with Crippen molar-refractivity contribution in [3.8, 4) is 11.5 Å². The van der Waals surface area contributed by atoms with Gasteiger partial charge in [0.15, 0.2) is 11.5 Å². The minimum absolute atomic E-state index is 0.0591. The van der Waals surface area contributed by atoms with Crippen molar-refractivity contribution in [1.29, 1.82) is 0 Å². The molecule has 7 nitrogen and oxygen atoms in total. The minimum Gasteiger partial charge on any atom is -0.454 e. The Morgan fingerprint density at radius 3 is 2.68 bits per heavy atom. The highest BCUT2D eigenvalue weighted by atomic mass is 35.5. The zero-order chi connectivity index (χ0) is 21.6. The van der Waals surface area contributed by atoms with Gasteiger partial charge in [-0.15, -0.1) is 0 Å². The standard InChI is InChI=1S/C21H15ClN2O5S2/c22-16-4-2-1-3-13(16)11-24-17-7-6-15(10-20(17)30-21(24)25)31(26,27)23-14-5-8-18-19(9-14)29-12-28-18/h1-10,23H,11-12H2. The molecule has 0 aliphatic carbocycles. The maximum Gasteiger partial charge on any atom is 0.308 e. The Kier molecular flexibility index (Phi) is 4.88. The van der Waals surface area contributed by atoms with E-state index in [-0.39, 0.29) is 16.6 Å². The van der Waals surface area contributed by atoms with Crippen LogP contribution in [0.3, 0.4) is 0 Å². The molecular formula is C21H15ClN2O5S2. The van der Waals surface area contributed by atoms with Gasteiger partial charge in [0.1, 0.15) is 0 Å². The average Bonchev–Trinajstić information content (AvgIpc) is 3.32. The van der Waals surface area contributed by atoms with Gasteiger partial charge in [0, 0.05) is 11.1 Å². The first-order valence-electron chi connectivity index (χ1n) is 9.20. The van der Waals surface area contributed by atoms with Gasteiger partial charge in [-0.05, 0) is 42.0 Å². The van der Waals surface area contributed by atoms with Gasteiger partial charge in [-0.3, -0.25) is 14.1 Å². The van der Waals surface area contributed by atoms with Crippen LogP contribution in [0.15, 0.2) is 70.4 Å². The summed E-state index contributed by atoms with van der Waals surface area (Å²) >= 11 is 7.22. The number of hydrogen-bond acceptors (Lipinski definition) is 6. The highest BCUT2D eigenvalue weighted by molar-refractivity contribution is 7.92. The summed E-state index contributed by atoms with van der Waals surface area (Å²) in [6, 6.07) is 16.7. The van der Waals surface area contributed by atoms with Crippen LogP contribution in [0.4, 0.5) is 5.69 Å².